The lowest BCUT2D eigenvalue weighted by molar-refractivity contribution is 0.0558. The summed E-state index contributed by atoms with van der Waals surface area (Å²) in [5.41, 5.74) is 0.435. The van der Waals surface area contributed by atoms with Gasteiger partial charge in [0, 0.05) is 16.5 Å². The third kappa shape index (κ3) is 5.79. The van der Waals surface area contributed by atoms with Crippen molar-refractivity contribution in [3.05, 3.63) is 45.9 Å². The van der Waals surface area contributed by atoms with Crippen molar-refractivity contribution in [1.82, 2.24) is 9.88 Å². The fourth-order valence-electron chi connectivity index (χ4n) is 2.51. The predicted molar refractivity (Wildman–Crippen MR) is 110 cm³/mol. The van der Waals surface area contributed by atoms with Gasteiger partial charge in [0.15, 0.2) is 5.69 Å². The second kappa shape index (κ2) is 9.68. The molecule has 0 unspecified atom stereocenters. The molecule has 28 heavy (non-hydrogen) atoms. The summed E-state index contributed by atoms with van der Waals surface area (Å²) in [4.78, 5) is 30.8. The minimum Gasteiger partial charge on any atom is -0.494 e. The minimum atomic E-state index is -0.477. The Morgan fingerprint density at radius 1 is 1.18 bits per heavy atom. The van der Waals surface area contributed by atoms with Crippen LogP contribution < -0.4 is 4.74 Å². The first-order valence-electron chi connectivity index (χ1n) is 9.33. The van der Waals surface area contributed by atoms with Crippen LogP contribution in [0.5, 0.6) is 5.75 Å². The Morgan fingerprint density at radius 3 is 2.43 bits per heavy atom. The topological polar surface area (TPSA) is 68.7 Å². The Morgan fingerprint density at radius 2 is 1.86 bits per heavy atom. The van der Waals surface area contributed by atoms with Crippen LogP contribution in [0.1, 0.15) is 66.4 Å². The van der Waals surface area contributed by atoms with Gasteiger partial charge in [-0.3, -0.25) is 4.79 Å². The largest absolute Gasteiger partial charge is 0.494 e. The van der Waals surface area contributed by atoms with Gasteiger partial charge in [0.2, 0.25) is 0 Å². The number of aromatic nitrogens is 1. The van der Waals surface area contributed by atoms with Crippen LogP contribution in [0.4, 0.5) is 0 Å². The summed E-state index contributed by atoms with van der Waals surface area (Å²) in [5.74, 6) is 0.187. The molecule has 0 aliphatic heterocycles. The van der Waals surface area contributed by atoms with Gasteiger partial charge < -0.3 is 14.4 Å². The molecule has 2 aromatic rings. The first-order valence-corrected chi connectivity index (χ1v) is 10.2. The first-order chi connectivity index (χ1) is 13.3. The Balaban J connectivity index is 2.15. The van der Waals surface area contributed by atoms with Gasteiger partial charge in [-0.2, -0.15) is 0 Å². The number of methoxy groups -OCH3 is 1. The van der Waals surface area contributed by atoms with Crippen molar-refractivity contribution in [2.75, 3.05) is 13.7 Å². The molecule has 0 aliphatic carbocycles. The van der Waals surface area contributed by atoms with Gasteiger partial charge in [-0.05, 0) is 51.5 Å². The number of thiazole rings is 1. The number of carbonyl (C=O) groups excluding carboxylic acids is 2. The first kappa shape index (κ1) is 21.9. The van der Waals surface area contributed by atoms with Crippen molar-refractivity contribution in [3.63, 3.8) is 0 Å². The zero-order chi connectivity index (χ0) is 20.7. The maximum atomic E-state index is 13.1. The summed E-state index contributed by atoms with van der Waals surface area (Å²) >= 11 is 1.34. The number of carbonyl (C=O) groups is 2. The van der Waals surface area contributed by atoms with Crippen molar-refractivity contribution in [2.24, 2.45) is 0 Å². The maximum Gasteiger partial charge on any atom is 0.357 e. The van der Waals surface area contributed by atoms with Crippen molar-refractivity contribution in [1.29, 1.82) is 0 Å². The number of hydrogen-bond acceptors (Lipinski definition) is 6. The highest BCUT2D eigenvalue weighted by Crippen LogP contribution is 2.23. The molecule has 1 aromatic carbocycles. The van der Waals surface area contributed by atoms with Crippen molar-refractivity contribution >= 4 is 23.2 Å². The van der Waals surface area contributed by atoms with Gasteiger partial charge in [-0.25, -0.2) is 9.78 Å². The van der Waals surface area contributed by atoms with Crippen LogP contribution in [0.15, 0.2) is 29.6 Å². The molecule has 0 radical (unpaired) electrons. The van der Waals surface area contributed by atoms with Crippen LogP contribution in [0, 0.1) is 0 Å². The highest BCUT2D eigenvalue weighted by Gasteiger charge is 2.28. The molecule has 0 bridgehead atoms. The molecule has 152 valence electrons. The van der Waals surface area contributed by atoms with Crippen LogP contribution in [0.3, 0.4) is 0 Å². The standard InChI is InChI=1S/C21H28N2O4S/c1-6-7-12-27-16-10-8-15(9-11-16)19(24)23(21(2,3)4)13-18-22-17(14-28-18)20(25)26-5/h8-11,14H,6-7,12-13H2,1-5H3. The van der Waals surface area contributed by atoms with E-state index in [9.17, 15) is 9.59 Å². The molecule has 0 N–H and O–H groups in total. The molecule has 0 saturated carbocycles. The second-order valence-corrected chi connectivity index (χ2v) is 8.35. The molecule has 2 rings (SSSR count). The van der Waals surface area contributed by atoms with Crippen molar-refractivity contribution in [2.45, 2.75) is 52.6 Å². The number of amides is 1. The highest BCUT2D eigenvalue weighted by molar-refractivity contribution is 7.09. The molecular weight excluding hydrogens is 376 g/mol. The van der Waals surface area contributed by atoms with Crippen LogP contribution >= 0.6 is 11.3 Å². The van der Waals surface area contributed by atoms with Gasteiger partial charge in [-0.1, -0.05) is 13.3 Å². The molecule has 0 atom stereocenters. The number of rotatable bonds is 8. The molecule has 0 spiro atoms. The zero-order valence-electron chi connectivity index (χ0n) is 17.2. The third-order valence-corrected chi connectivity index (χ3v) is 5.00. The molecule has 1 heterocycles. The maximum absolute atomic E-state index is 13.1. The second-order valence-electron chi connectivity index (χ2n) is 7.41. The number of ether oxygens (including phenoxy) is 2. The number of unbranched alkanes of at least 4 members (excludes halogenated alkanes) is 1. The third-order valence-electron chi connectivity index (χ3n) is 4.16. The Kier molecular flexibility index (Phi) is 7.57. The molecular formula is C21H28N2O4S. The molecule has 1 aromatic heterocycles. The van der Waals surface area contributed by atoms with Crippen molar-refractivity contribution < 1.29 is 19.1 Å². The SMILES string of the molecule is CCCCOc1ccc(C(=O)N(Cc2nc(C(=O)OC)cs2)C(C)(C)C)cc1. The Hall–Kier alpha value is -2.41. The van der Waals surface area contributed by atoms with E-state index in [1.807, 2.05) is 32.9 Å². The van der Waals surface area contributed by atoms with Crippen molar-refractivity contribution in [3.8, 4) is 5.75 Å². The zero-order valence-corrected chi connectivity index (χ0v) is 18.0. The fourth-order valence-corrected chi connectivity index (χ4v) is 3.27. The summed E-state index contributed by atoms with van der Waals surface area (Å²) in [6, 6.07) is 7.21. The molecule has 0 saturated heterocycles. The quantitative estimate of drug-likeness (QED) is 0.477. The summed E-state index contributed by atoms with van der Waals surface area (Å²) in [5, 5.41) is 2.33. The summed E-state index contributed by atoms with van der Waals surface area (Å²) < 4.78 is 10.4. The number of esters is 1. The van der Waals surface area contributed by atoms with Gasteiger partial charge >= 0.3 is 5.97 Å². The number of nitrogens with zero attached hydrogens (tertiary/aromatic N) is 2. The van der Waals surface area contributed by atoms with E-state index in [4.69, 9.17) is 9.47 Å². The Bertz CT molecular complexity index is 793. The lowest BCUT2D eigenvalue weighted by Gasteiger charge is -2.35. The van der Waals surface area contributed by atoms with E-state index in [0.717, 1.165) is 18.6 Å². The monoisotopic (exact) mass is 404 g/mol. The van der Waals surface area contributed by atoms with Gasteiger partial charge in [0.1, 0.15) is 10.8 Å². The molecule has 6 nitrogen and oxygen atoms in total. The molecule has 0 aliphatic rings. The normalized spacial score (nSPS) is 11.2. The van der Waals surface area contributed by atoms with Crippen LogP contribution in [-0.4, -0.2) is 41.0 Å². The van der Waals surface area contributed by atoms with E-state index in [-0.39, 0.29) is 11.6 Å². The van der Waals surface area contributed by atoms with Gasteiger partial charge in [0.25, 0.3) is 5.91 Å². The summed E-state index contributed by atoms with van der Waals surface area (Å²) in [6.07, 6.45) is 2.07. The fraction of sp³-hybridized carbons (Fsp3) is 0.476. The smallest absolute Gasteiger partial charge is 0.357 e. The molecule has 1 amide bonds. The van der Waals surface area contributed by atoms with Crippen LogP contribution in [0.25, 0.3) is 0 Å². The lowest BCUT2D eigenvalue weighted by Crippen LogP contribution is -2.45. The summed E-state index contributed by atoms with van der Waals surface area (Å²) in [6.45, 7) is 9.03. The lowest BCUT2D eigenvalue weighted by atomic mass is 10.0. The number of benzene rings is 1. The van der Waals surface area contributed by atoms with Crippen LogP contribution in [0.2, 0.25) is 0 Å². The Labute approximate surface area is 170 Å². The van der Waals surface area contributed by atoms with E-state index in [2.05, 4.69) is 11.9 Å². The van der Waals surface area contributed by atoms with E-state index >= 15 is 0 Å². The van der Waals surface area contributed by atoms with Gasteiger partial charge in [0.05, 0.1) is 20.3 Å². The predicted octanol–water partition coefficient (Wildman–Crippen LogP) is 4.55. The van der Waals surface area contributed by atoms with Gasteiger partial charge in [-0.15, -0.1) is 11.3 Å². The molecule has 0 fully saturated rings. The van der Waals surface area contributed by atoms with E-state index in [0.29, 0.717) is 23.7 Å². The van der Waals surface area contributed by atoms with E-state index in [1.165, 1.54) is 18.4 Å². The number of hydrogen-bond donors (Lipinski definition) is 0. The average Bonchev–Trinajstić information content (AvgIpc) is 3.13. The molecule has 7 heteroatoms. The van der Waals surface area contributed by atoms with E-state index in [1.54, 1.807) is 22.4 Å². The minimum absolute atomic E-state index is 0.0950. The van der Waals surface area contributed by atoms with Crippen LogP contribution in [-0.2, 0) is 11.3 Å². The highest BCUT2D eigenvalue weighted by atomic mass is 32.1. The van der Waals surface area contributed by atoms with E-state index < -0.39 is 11.5 Å². The summed E-state index contributed by atoms with van der Waals surface area (Å²) in [7, 11) is 1.32. The average molecular weight is 405 g/mol.